The summed E-state index contributed by atoms with van der Waals surface area (Å²) >= 11 is 3.36. The van der Waals surface area contributed by atoms with E-state index in [-0.39, 0.29) is 4.83 Å². The number of carbonyl (C=O) groups excluding carboxylic acids is 1. The Morgan fingerprint density at radius 3 is 2.38 bits per heavy atom. The minimum atomic E-state index is -4.26. The van der Waals surface area contributed by atoms with Crippen molar-refractivity contribution in [3.63, 3.8) is 0 Å². The Balaban J connectivity index is 3.65. The van der Waals surface area contributed by atoms with Gasteiger partial charge < -0.3 is 5.32 Å². The third kappa shape index (κ3) is 10.3. The van der Waals surface area contributed by atoms with E-state index in [0.717, 1.165) is 6.42 Å². The molecule has 0 radical (unpaired) electrons. The van der Waals surface area contributed by atoms with Gasteiger partial charge in [-0.2, -0.15) is 13.2 Å². The van der Waals surface area contributed by atoms with E-state index in [2.05, 4.69) is 21.2 Å². The molecule has 0 aliphatic heterocycles. The molecule has 96 valence electrons. The molecule has 0 saturated carbocycles. The lowest BCUT2D eigenvalue weighted by molar-refractivity contribution is -0.144. The monoisotopic (exact) mass is 303 g/mol. The quantitative estimate of drug-likeness (QED) is 0.750. The molecule has 1 amide bonds. The van der Waals surface area contributed by atoms with Crippen LogP contribution in [0.5, 0.6) is 0 Å². The first-order valence-electron chi connectivity index (χ1n) is 5.18. The minimum absolute atomic E-state index is 0.113. The molecule has 1 N–H and O–H groups in total. The van der Waals surface area contributed by atoms with Crippen LogP contribution < -0.4 is 5.32 Å². The number of halogens is 4. The first-order valence-corrected chi connectivity index (χ1v) is 6.10. The molecule has 0 aromatic heterocycles. The normalized spacial score (nSPS) is 13.9. The van der Waals surface area contributed by atoms with E-state index in [9.17, 15) is 18.0 Å². The molecule has 0 aromatic carbocycles. The fourth-order valence-electron chi connectivity index (χ4n) is 1.16. The number of amides is 1. The molecule has 1 atom stereocenters. The van der Waals surface area contributed by atoms with Crippen LogP contribution in [0, 0.1) is 5.92 Å². The largest absolute Gasteiger partial charge is 0.389 e. The Bertz CT molecular complexity index is 219. The number of hydrogen-bond acceptors (Lipinski definition) is 1. The molecule has 0 rings (SSSR count). The van der Waals surface area contributed by atoms with Gasteiger partial charge in [0.05, 0.1) is 6.42 Å². The van der Waals surface area contributed by atoms with Gasteiger partial charge in [0, 0.05) is 17.8 Å². The van der Waals surface area contributed by atoms with Gasteiger partial charge in [-0.15, -0.1) is 0 Å². The van der Waals surface area contributed by atoms with Crippen molar-refractivity contribution in [3.05, 3.63) is 0 Å². The molecule has 0 spiro atoms. The Kier molecular flexibility index (Phi) is 7.03. The predicted octanol–water partition coefficient (Wildman–Crippen LogP) is 3.25. The van der Waals surface area contributed by atoms with Gasteiger partial charge in [0.25, 0.3) is 0 Å². The van der Waals surface area contributed by atoms with Crippen molar-refractivity contribution in [1.29, 1.82) is 0 Å². The van der Waals surface area contributed by atoms with Crippen LogP contribution in [0.15, 0.2) is 0 Å². The Labute approximate surface area is 102 Å². The Morgan fingerprint density at radius 2 is 1.94 bits per heavy atom. The zero-order chi connectivity index (χ0) is 12.8. The van der Waals surface area contributed by atoms with Crippen molar-refractivity contribution in [1.82, 2.24) is 5.32 Å². The SMILES string of the molecule is CC(C)CC(Br)CNC(=O)CCC(F)(F)F. The first kappa shape index (κ1) is 15.7. The van der Waals surface area contributed by atoms with E-state index in [4.69, 9.17) is 0 Å². The maximum Gasteiger partial charge on any atom is 0.389 e. The van der Waals surface area contributed by atoms with Crippen molar-refractivity contribution >= 4 is 21.8 Å². The number of nitrogens with one attached hydrogen (secondary N) is 1. The van der Waals surface area contributed by atoms with Crippen LogP contribution in [0.2, 0.25) is 0 Å². The highest BCUT2D eigenvalue weighted by molar-refractivity contribution is 9.09. The van der Waals surface area contributed by atoms with E-state index >= 15 is 0 Å². The van der Waals surface area contributed by atoms with Gasteiger partial charge in [-0.25, -0.2) is 0 Å². The number of hydrogen-bond donors (Lipinski definition) is 1. The molecule has 2 nitrogen and oxygen atoms in total. The van der Waals surface area contributed by atoms with E-state index < -0.39 is 24.9 Å². The van der Waals surface area contributed by atoms with Crippen LogP contribution in [0.3, 0.4) is 0 Å². The summed E-state index contributed by atoms with van der Waals surface area (Å²) in [6, 6.07) is 0. The van der Waals surface area contributed by atoms with Crippen LogP contribution >= 0.6 is 15.9 Å². The van der Waals surface area contributed by atoms with Gasteiger partial charge in [0.15, 0.2) is 0 Å². The molecule has 16 heavy (non-hydrogen) atoms. The van der Waals surface area contributed by atoms with Gasteiger partial charge in [-0.3, -0.25) is 4.79 Å². The topological polar surface area (TPSA) is 29.1 Å². The number of carbonyl (C=O) groups is 1. The van der Waals surface area contributed by atoms with Gasteiger partial charge in [-0.05, 0) is 12.3 Å². The smallest absolute Gasteiger partial charge is 0.355 e. The molecule has 0 fully saturated rings. The van der Waals surface area contributed by atoms with Gasteiger partial charge in [0.2, 0.25) is 5.91 Å². The molecule has 0 aliphatic rings. The van der Waals surface area contributed by atoms with Gasteiger partial charge in [0.1, 0.15) is 0 Å². The first-order chi connectivity index (χ1) is 7.20. The summed E-state index contributed by atoms with van der Waals surface area (Å²) in [5.74, 6) is -0.0676. The Morgan fingerprint density at radius 1 is 1.38 bits per heavy atom. The highest BCUT2D eigenvalue weighted by Gasteiger charge is 2.27. The van der Waals surface area contributed by atoms with Crippen LogP contribution in [0.1, 0.15) is 33.1 Å². The third-order valence-electron chi connectivity index (χ3n) is 1.88. The predicted molar refractivity (Wildman–Crippen MR) is 60.5 cm³/mol. The van der Waals surface area contributed by atoms with Gasteiger partial charge >= 0.3 is 6.18 Å². The summed E-state index contributed by atoms with van der Waals surface area (Å²) in [6.07, 6.45) is -4.94. The second-order valence-electron chi connectivity index (χ2n) is 4.15. The van der Waals surface area contributed by atoms with Crippen LogP contribution in [0.25, 0.3) is 0 Å². The molecule has 0 saturated heterocycles. The highest BCUT2D eigenvalue weighted by atomic mass is 79.9. The molecule has 0 aliphatic carbocycles. The lowest BCUT2D eigenvalue weighted by Crippen LogP contribution is -2.30. The molecule has 0 heterocycles. The zero-order valence-corrected chi connectivity index (χ0v) is 11.0. The molecule has 6 heteroatoms. The van der Waals surface area contributed by atoms with Crippen LogP contribution in [-0.4, -0.2) is 23.5 Å². The van der Waals surface area contributed by atoms with E-state index in [1.165, 1.54) is 0 Å². The molecule has 0 aromatic rings. The molecular formula is C10H17BrF3NO. The molecular weight excluding hydrogens is 287 g/mol. The van der Waals surface area contributed by atoms with Crippen molar-refractivity contribution in [2.45, 2.75) is 44.1 Å². The minimum Gasteiger partial charge on any atom is -0.355 e. The summed E-state index contributed by atoms with van der Waals surface area (Å²) in [4.78, 5) is 11.2. The van der Waals surface area contributed by atoms with Crippen molar-refractivity contribution in [2.75, 3.05) is 6.54 Å². The molecule has 1 unspecified atom stereocenters. The van der Waals surface area contributed by atoms with Gasteiger partial charge in [-0.1, -0.05) is 29.8 Å². The van der Waals surface area contributed by atoms with Crippen LogP contribution in [-0.2, 0) is 4.79 Å². The fourth-order valence-corrected chi connectivity index (χ4v) is 2.07. The van der Waals surface area contributed by atoms with E-state index in [0.29, 0.717) is 12.5 Å². The van der Waals surface area contributed by atoms with Crippen molar-refractivity contribution < 1.29 is 18.0 Å². The fraction of sp³-hybridized carbons (Fsp3) is 0.900. The molecule has 0 bridgehead atoms. The summed E-state index contributed by atoms with van der Waals surface area (Å²) in [7, 11) is 0. The van der Waals surface area contributed by atoms with Crippen LogP contribution in [0.4, 0.5) is 13.2 Å². The number of rotatable bonds is 6. The maximum absolute atomic E-state index is 11.8. The second-order valence-corrected chi connectivity index (χ2v) is 5.44. The summed E-state index contributed by atoms with van der Waals surface area (Å²) in [6.45, 7) is 4.45. The standard InChI is InChI=1S/C10H17BrF3NO/c1-7(2)5-8(11)6-15-9(16)3-4-10(12,13)14/h7-8H,3-6H2,1-2H3,(H,15,16). The average molecular weight is 304 g/mol. The Hall–Kier alpha value is -0.260. The maximum atomic E-state index is 11.8. The summed E-state index contributed by atoms with van der Waals surface area (Å²) < 4.78 is 35.4. The third-order valence-corrected chi connectivity index (χ3v) is 2.58. The lowest BCUT2D eigenvalue weighted by atomic mass is 10.1. The van der Waals surface area contributed by atoms with Crippen molar-refractivity contribution in [3.8, 4) is 0 Å². The number of alkyl halides is 4. The summed E-state index contributed by atoms with van der Waals surface area (Å²) in [5, 5.41) is 2.47. The highest BCUT2D eigenvalue weighted by Crippen LogP contribution is 2.21. The zero-order valence-electron chi connectivity index (χ0n) is 9.40. The van der Waals surface area contributed by atoms with E-state index in [1.807, 2.05) is 13.8 Å². The summed E-state index contributed by atoms with van der Waals surface area (Å²) in [5.41, 5.74) is 0. The average Bonchev–Trinajstić information content (AvgIpc) is 2.09. The lowest BCUT2D eigenvalue weighted by Gasteiger charge is -2.13. The van der Waals surface area contributed by atoms with Crippen molar-refractivity contribution in [2.24, 2.45) is 5.92 Å². The second kappa shape index (κ2) is 7.14. The van der Waals surface area contributed by atoms with E-state index in [1.54, 1.807) is 0 Å².